The number of nitriles is 1. The first-order valence-electron chi connectivity index (χ1n) is 6.83. The summed E-state index contributed by atoms with van der Waals surface area (Å²) in [7, 11) is 0. The van der Waals surface area contributed by atoms with E-state index in [1.165, 1.54) is 6.92 Å². The topological polar surface area (TPSA) is 64.4 Å². The van der Waals surface area contributed by atoms with Crippen molar-refractivity contribution in [2.24, 2.45) is 0 Å². The van der Waals surface area contributed by atoms with Crippen LogP contribution in [0, 0.1) is 11.3 Å². The van der Waals surface area contributed by atoms with Crippen molar-refractivity contribution in [1.82, 2.24) is 9.80 Å². The van der Waals surface area contributed by atoms with Crippen molar-refractivity contribution < 1.29 is 9.59 Å². The molecule has 2 rings (SSSR count). The summed E-state index contributed by atoms with van der Waals surface area (Å²) >= 11 is 0. The highest BCUT2D eigenvalue weighted by Gasteiger charge is 2.24. The molecule has 5 heteroatoms. The van der Waals surface area contributed by atoms with Crippen LogP contribution in [0.2, 0.25) is 0 Å². The lowest BCUT2D eigenvalue weighted by Crippen LogP contribution is -2.50. The van der Waals surface area contributed by atoms with Crippen LogP contribution in [0.4, 0.5) is 0 Å². The van der Waals surface area contributed by atoms with Crippen molar-refractivity contribution in [3.05, 3.63) is 41.5 Å². The summed E-state index contributed by atoms with van der Waals surface area (Å²) in [5.74, 6) is -0.257. The average Bonchev–Trinajstić information content (AvgIpc) is 2.53. The van der Waals surface area contributed by atoms with E-state index in [0.29, 0.717) is 26.2 Å². The second-order valence-electron chi connectivity index (χ2n) is 4.88. The van der Waals surface area contributed by atoms with Crippen LogP contribution in [0.3, 0.4) is 0 Å². The van der Waals surface area contributed by atoms with Crippen LogP contribution in [-0.4, -0.2) is 47.8 Å². The zero-order chi connectivity index (χ0) is 15.2. The second-order valence-corrected chi connectivity index (χ2v) is 4.88. The van der Waals surface area contributed by atoms with Gasteiger partial charge in [0.25, 0.3) is 5.91 Å². The number of rotatable bonds is 2. The Bertz CT molecular complexity index is 594. The third-order valence-corrected chi connectivity index (χ3v) is 3.47. The van der Waals surface area contributed by atoms with Gasteiger partial charge in [-0.1, -0.05) is 30.3 Å². The molecule has 1 aromatic carbocycles. The minimum atomic E-state index is -0.274. The summed E-state index contributed by atoms with van der Waals surface area (Å²) in [5.41, 5.74) is 0.947. The Hall–Kier alpha value is -2.61. The smallest absolute Gasteiger partial charge is 0.264 e. The quantitative estimate of drug-likeness (QED) is 0.607. The fourth-order valence-electron chi connectivity index (χ4n) is 2.25. The lowest BCUT2D eigenvalue weighted by Gasteiger charge is -2.34. The zero-order valence-corrected chi connectivity index (χ0v) is 12.0. The fourth-order valence-corrected chi connectivity index (χ4v) is 2.25. The zero-order valence-electron chi connectivity index (χ0n) is 12.0. The molecule has 1 aliphatic heterocycles. The summed E-state index contributed by atoms with van der Waals surface area (Å²) in [6, 6.07) is 11.3. The number of hydrogen-bond donors (Lipinski definition) is 0. The van der Waals surface area contributed by atoms with Gasteiger partial charge in [-0.2, -0.15) is 5.26 Å². The maximum atomic E-state index is 12.3. The van der Waals surface area contributed by atoms with Crippen LogP contribution < -0.4 is 0 Å². The summed E-state index contributed by atoms with van der Waals surface area (Å²) in [6.07, 6.45) is 1.60. The minimum absolute atomic E-state index is 0.0161. The van der Waals surface area contributed by atoms with Crippen molar-refractivity contribution in [2.75, 3.05) is 26.2 Å². The summed E-state index contributed by atoms with van der Waals surface area (Å²) in [5, 5.41) is 9.20. The van der Waals surface area contributed by atoms with E-state index in [0.717, 1.165) is 5.56 Å². The molecule has 108 valence electrons. The third-order valence-electron chi connectivity index (χ3n) is 3.47. The van der Waals surface area contributed by atoms with Crippen LogP contribution in [0.5, 0.6) is 0 Å². The van der Waals surface area contributed by atoms with Crippen molar-refractivity contribution in [3.63, 3.8) is 0 Å². The van der Waals surface area contributed by atoms with Crippen LogP contribution in [0.1, 0.15) is 12.5 Å². The highest BCUT2D eigenvalue weighted by Crippen LogP contribution is 2.11. The largest absolute Gasteiger partial charge is 0.339 e. The molecule has 0 N–H and O–H groups in total. The van der Waals surface area contributed by atoms with Gasteiger partial charge in [-0.05, 0) is 11.6 Å². The molecule has 1 saturated heterocycles. The van der Waals surface area contributed by atoms with Crippen molar-refractivity contribution in [3.8, 4) is 6.07 Å². The Morgan fingerprint density at radius 3 is 2.19 bits per heavy atom. The molecule has 2 amide bonds. The molecule has 21 heavy (non-hydrogen) atoms. The number of carbonyl (C=O) groups is 2. The first kappa shape index (κ1) is 14.8. The lowest BCUT2D eigenvalue weighted by atomic mass is 10.1. The molecule has 0 atom stereocenters. The van der Waals surface area contributed by atoms with E-state index >= 15 is 0 Å². The Kier molecular flexibility index (Phi) is 4.72. The first-order valence-corrected chi connectivity index (χ1v) is 6.83. The van der Waals surface area contributed by atoms with E-state index < -0.39 is 0 Å². The lowest BCUT2D eigenvalue weighted by molar-refractivity contribution is -0.135. The SMILES string of the molecule is CC(=O)N1CCN(C(=O)C(C#N)=Cc2ccccc2)CC1. The molecule has 0 aliphatic carbocycles. The van der Waals surface area contributed by atoms with Crippen LogP contribution in [-0.2, 0) is 9.59 Å². The highest BCUT2D eigenvalue weighted by atomic mass is 16.2. The van der Waals surface area contributed by atoms with Gasteiger partial charge < -0.3 is 9.80 Å². The number of piperazine rings is 1. The normalized spacial score (nSPS) is 15.5. The van der Waals surface area contributed by atoms with Gasteiger partial charge in [0.1, 0.15) is 11.6 Å². The maximum absolute atomic E-state index is 12.3. The van der Waals surface area contributed by atoms with Gasteiger partial charge in [0.15, 0.2) is 0 Å². The van der Waals surface area contributed by atoms with Crippen LogP contribution in [0.25, 0.3) is 6.08 Å². The first-order chi connectivity index (χ1) is 10.1. The van der Waals surface area contributed by atoms with E-state index in [1.54, 1.807) is 15.9 Å². The van der Waals surface area contributed by atoms with Gasteiger partial charge >= 0.3 is 0 Å². The van der Waals surface area contributed by atoms with Crippen molar-refractivity contribution in [2.45, 2.75) is 6.92 Å². The summed E-state index contributed by atoms with van der Waals surface area (Å²) in [6.45, 7) is 3.49. The van der Waals surface area contributed by atoms with E-state index in [2.05, 4.69) is 0 Å². The predicted octanol–water partition coefficient (Wildman–Crippen LogP) is 1.28. The Morgan fingerprint density at radius 2 is 1.67 bits per heavy atom. The predicted molar refractivity (Wildman–Crippen MR) is 78.9 cm³/mol. The number of amides is 2. The van der Waals surface area contributed by atoms with Crippen LogP contribution in [0.15, 0.2) is 35.9 Å². The number of hydrogen-bond acceptors (Lipinski definition) is 3. The summed E-state index contributed by atoms with van der Waals surface area (Å²) in [4.78, 5) is 26.9. The van der Waals surface area contributed by atoms with Crippen molar-refractivity contribution in [1.29, 1.82) is 5.26 Å². The number of benzene rings is 1. The van der Waals surface area contributed by atoms with E-state index in [-0.39, 0.29) is 17.4 Å². The molecule has 0 unspecified atom stereocenters. The molecule has 0 spiro atoms. The van der Waals surface area contributed by atoms with Gasteiger partial charge in [-0.15, -0.1) is 0 Å². The maximum Gasteiger partial charge on any atom is 0.264 e. The Labute approximate surface area is 124 Å². The number of carbonyl (C=O) groups excluding carboxylic acids is 2. The van der Waals surface area contributed by atoms with Gasteiger partial charge in [-0.25, -0.2) is 0 Å². The van der Waals surface area contributed by atoms with Gasteiger partial charge in [-0.3, -0.25) is 9.59 Å². The Balaban J connectivity index is 2.07. The third kappa shape index (κ3) is 3.69. The highest BCUT2D eigenvalue weighted by molar-refractivity contribution is 6.01. The molecular formula is C16H17N3O2. The molecule has 1 aliphatic rings. The molecule has 0 aromatic heterocycles. The molecular weight excluding hydrogens is 266 g/mol. The molecule has 5 nitrogen and oxygen atoms in total. The molecule has 0 radical (unpaired) electrons. The van der Waals surface area contributed by atoms with Gasteiger partial charge in [0.05, 0.1) is 0 Å². The van der Waals surface area contributed by atoms with E-state index in [4.69, 9.17) is 0 Å². The Morgan fingerprint density at radius 1 is 1.10 bits per heavy atom. The molecule has 1 aromatic rings. The van der Waals surface area contributed by atoms with Crippen molar-refractivity contribution >= 4 is 17.9 Å². The number of nitrogens with zero attached hydrogens (tertiary/aromatic N) is 3. The van der Waals surface area contributed by atoms with E-state index in [1.807, 2.05) is 36.4 Å². The average molecular weight is 283 g/mol. The van der Waals surface area contributed by atoms with Gasteiger partial charge in [0, 0.05) is 33.1 Å². The fraction of sp³-hybridized carbons (Fsp3) is 0.312. The second kappa shape index (κ2) is 6.71. The standard InChI is InChI=1S/C16H17N3O2/c1-13(20)18-7-9-19(10-8-18)16(21)15(12-17)11-14-5-3-2-4-6-14/h2-6,11H,7-10H2,1H3. The molecule has 0 saturated carbocycles. The molecule has 1 heterocycles. The molecule has 0 bridgehead atoms. The minimum Gasteiger partial charge on any atom is -0.339 e. The summed E-state index contributed by atoms with van der Waals surface area (Å²) < 4.78 is 0. The van der Waals surface area contributed by atoms with Crippen LogP contribution >= 0.6 is 0 Å². The molecule has 1 fully saturated rings. The monoisotopic (exact) mass is 283 g/mol. The van der Waals surface area contributed by atoms with Gasteiger partial charge in [0.2, 0.25) is 5.91 Å². The van der Waals surface area contributed by atoms with E-state index in [9.17, 15) is 14.9 Å².